The minimum Gasteiger partial charge on any atom is -0.506 e. The largest absolute Gasteiger partial charge is 0.506 e. The lowest BCUT2D eigenvalue weighted by Crippen LogP contribution is -1.91. The number of ether oxygens (including phenoxy) is 1. The Balaban J connectivity index is 2.27. The van der Waals surface area contributed by atoms with Crippen LogP contribution in [0.3, 0.4) is 0 Å². The van der Waals surface area contributed by atoms with Gasteiger partial charge in [-0.1, -0.05) is 0 Å². The van der Waals surface area contributed by atoms with E-state index >= 15 is 0 Å². The zero-order valence-electron chi connectivity index (χ0n) is 8.22. The number of aromatic nitrogens is 1. The summed E-state index contributed by atoms with van der Waals surface area (Å²) in [5, 5.41) is 9.15. The number of anilines is 1. The van der Waals surface area contributed by atoms with Crippen molar-refractivity contribution in [1.82, 2.24) is 4.98 Å². The van der Waals surface area contributed by atoms with E-state index in [1.54, 1.807) is 0 Å². The minimum atomic E-state index is -0.566. The lowest BCUT2D eigenvalue weighted by atomic mass is 10.3. The number of nitrogens with two attached hydrogens (primary N) is 1. The van der Waals surface area contributed by atoms with Crippen LogP contribution in [0.4, 0.5) is 10.1 Å². The standard InChI is InChI=1S/C11H9FN2O2/c12-10-3-7(13)1-2-11(10)16-9-4-8(15)5-14-6-9/h1-6,15H,13H2. The predicted molar refractivity (Wildman–Crippen MR) is 56.8 cm³/mol. The third-order valence-electron chi connectivity index (χ3n) is 1.88. The second kappa shape index (κ2) is 4.06. The zero-order chi connectivity index (χ0) is 11.5. The molecular formula is C11H9FN2O2. The fraction of sp³-hybridized carbons (Fsp3) is 0. The highest BCUT2D eigenvalue weighted by atomic mass is 19.1. The molecule has 0 spiro atoms. The molecule has 0 radical (unpaired) electrons. The van der Waals surface area contributed by atoms with Gasteiger partial charge in [0.1, 0.15) is 11.5 Å². The summed E-state index contributed by atoms with van der Waals surface area (Å²) >= 11 is 0. The molecule has 1 aromatic carbocycles. The molecule has 0 aliphatic rings. The molecule has 0 saturated carbocycles. The van der Waals surface area contributed by atoms with E-state index in [2.05, 4.69) is 4.98 Å². The number of pyridine rings is 1. The fourth-order valence-corrected chi connectivity index (χ4v) is 1.19. The van der Waals surface area contributed by atoms with Crippen LogP contribution in [0, 0.1) is 5.82 Å². The maximum Gasteiger partial charge on any atom is 0.167 e. The van der Waals surface area contributed by atoms with E-state index in [1.165, 1.54) is 30.6 Å². The maximum atomic E-state index is 13.3. The van der Waals surface area contributed by atoms with E-state index < -0.39 is 5.82 Å². The number of rotatable bonds is 2. The van der Waals surface area contributed by atoms with Crippen molar-refractivity contribution in [2.24, 2.45) is 0 Å². The summed E-state index contributed by atoms with van der Waals surface area (Å²) < 4.78 is 18.5. The summed E-state index contributed by atoms with van der Waals surface area (Å²) in [4.78, 5) is 3.71. The second-order valence-electron chi connectivity index (χ2n) is 3.17. The first-order chi connectivity index (χ1) is 7.65. The molecule has 4 nitrogen and oxygen atoms in total. The summed E-state index contributed by atoms with van der Waals surface area (Å²) in [5.74, 6) is -0.332. The summed E-state index contributed by atoms with van der Waals surface area (Å²) in [6.45, 7) is 0. The monoisotopic (exact) mass is 220 g/mol. The average molecular weight is 220 g/mol. The molecule has 1 aromatic heterocycles. The van der Waals surface area contributed by atoms with E-state index in [0.29, 0.717) is 5.69 Å². The number of nitrogen functional groups attached to an aromatic ring is 1. The molecule has 2 aromatic rings. The molecule has 0 bridgehead atoms. The topological polar surface area (TPSA) is 68.4 Å². The Morgan fingerprint density at radius 3 is 2.75 bits per heavy atom. The lowest BCUT2D eigenvalue weighted by molar-refractivity contribution is 0.429. The molecule has 2 rings (SSSR count). The fourth-order valence-electron chi connectivity index (χ4n) is 1.19. The van der Waals surface area contributed by atoms with E-state index in [4.69, 9.17) is 15.6 Å². The van der Waals surface area contributed by atoms with Crippen molar-refractivity contribution in [3.8, 4) is 17.2 Å². The summed E-state index contributed by atoms with van der Waals surface area (Å²) in [5.41, 5.74) is 5.72. The van der Waals surface area contributed by atoms with Crippen LogP contribution in [-0.4, -0.2) is 10.1 Å². The number of benzene rings is 1. The van der Waals surface area contributed by atoms with E-state index in [-0.39, 0.29) is 17.2 Å². The van der Waals surface area contributed by atoms with Gasteiger partial charge in [0.25, 0.3) is 0 Å². The third-order valence-corrected chi connectivity index (χ3v) is 1.88. The highest BCUT2D eigenvalue weighted by Crippen LogP contribution is 2.26. The van der Waals surface area contributed by atoms with Gasteiger partial charge >= 0.3 is 0 Å². The summed E-state index contributed by atoms with van der Waals surface area (Å²) in [6, 6.07) is 5.43. The molecule has 0 aliphatic carbocycles. The van der Waals surface area contributed by atoms with Crippen LogP contribution in [0.15, 0.2) is 36.7 Å². The quantitative estimate of drug-likeness (QED) is 0.762. The number of halogens is 1. The summed E-state index contributed by atoms with van der Waals surface area (Å²) in [6.07, 6.45) is 2.63. The molecule has 16 heavy (non-hydrogen) atoms. The van der Waals surface area contributed by atoms with E-state index in [0.717, 1.165) is 6.07 Å². The normalized spacial score (nSPS) is 10.1. The lowest BCUT2D eigenvalue weighted by Gasteiger charge is -2.06. The van der Waals surface area contributed by atoms with Gasteiger partial charge in [-0.25, -0.2) is 4.39 Å². The van der Waals surface area contributed by atoms with Crippen LogP contribution in [0.1, 0.15) is 0 Å². The molecule has 0 aliphatic heterocycles. The number of nitrogens with zero attached hydrogens (tertiary/aromatic N) is 1. The minimum absolute atomic E-state index is 0.0293. The van der Waals surface area contributed by atoms with Gasteiger partial charge in [-0.2, -0.15) is 0 Å². The summed E-state index contributed by atoms with van der Waals surface area (Å²) in [7, 11) is 0. The van der Waals surface area contributed by atoms with Crippen LogP contribution in [0.5, 0.6) is 17.2 Å². The molecule has 0 fully saturated rings. The van der Waals surface area contributed by atoms with Crippen LogP contribution in [-0.2, 0) is 0 Å². The molecule has 82 valence electrons. The van der Waals surface area contributed by atoms with Gasteiger partial charge < -0.3 is 15.6 Å². The first-order valence-electron chi connectivity index (χ1n) is 4.52. The van der Waals surface area contributed by atoms with Crippen molar-refractivity contribution in [1.29, 1.82) is 0 Å². The molecule has 1 heterocycles. The zero-order valence-corrected chi connectivity index (χ0v) is 8.22. The number of aromatic hydroxyl groups is 1. The van der Waals surface area contributed by atoms with Gasteiger partial charge in [0, 0.05) is 17.8 Å². The van der Waals surface area contributed by atoms with Gasteiger partial charge in [-0.05, 0) is 12.1 Å². The Morgan fingerprint density at radius 1 is 1.25 bits per heavy atom. The van der Waals surface area contributed by atoms with E-state index in [9.17, 15) is 4.39 Å². The SMILES string of the molecule is Nc1ccc(Oc2cncc(O)c2)c(F)c1. The Kier molecular flexibility index (Phi) is 2.59. The van der Waals surface area contributed by atoms with Crippen molar-refractivity contribution in [3.05, 3.63) is 42.5 Å². The molecule has 0 unspecified atom stereocenters. The van der Waals surface area contributed by atoms with Gasteiger partial charge in [-0.15, -0.1) is 0 Å². The van der Waals surface area contributed by atoms with Crippen LogP contribution >= 0.6 is 0 Å². The first kappa shape index (κ1) is 10.2. The maximum absolute atomic E-state index is 13.3. The van der Waals surface area contributed by atoms with E-state index in [1.807, 2.05) is 0 Å². The molecular weight excluding hydrogens is 211 g/mol. The smallest absolute Gasteiger partial charge is 0.167 e. The Bertz CT molecular complexity index is 517. The Labute approximate surface area is 91.1 Å². The highest BCUT2D eigenvalue weighted by Gasteiger charge is 2.05. The van der Waals surface area contributed by atoms with Crippen LogP contribution in [0.2, 0.25) is 0 Å². The molecule has 0 amide bonds. The predicted octanol–water partition coefficient (Wildman–Crippen LogP) is 2.30. The van der Waals surface area contributed by atoms with Crippen LogP contribution in [0.25, 0.3) is 0 Å². The molecule has 0 saturated heterocycles. The first-order valence-corrected chi connectivity index (χ1v) is 4.52. The average Bonchev–Trinajstić information content (AvgIpc) is 2.22. The number of hydrogen-bond acceptors (Lipinski definition) is 4. The van der Waals surface area contributed by atoms with Gasteiger partial charge in [0.15, 0.2) is 11.6 Å². The van der Waals surface area contributed by atoms with Gasteiger partial charge in [0.2, 0.25) is 0 Å². The Hall–Kier alpha value is -2.30. The van der Waals surface area contributed by atoms with Gasteiger partial charge in [0.05, 0.1) is 12.4 Å². The highest BCUT2D eigenvalue weighted by molar-refractivity contribution is 5.44. The number of hydrogen-bond donors (Lipinski definition) is 2. The van der Waals surface area contributed by atoms with Crippen molar-refractivity contribution < 1.29 is 14.2 Å². The van der Waals surface area contributed by atoms with Crippen LogP contribution < -0.4 is 10.5 Å². The van der Waals surface area contributed by atoms with Crippen molar-refractivity contribution >= 4 is 5.69 Å². The van der Waals surface area contributed by atoms with Crippen molar-refractivity contribution in [2.75, 3.05) is 5.73 Å². The molecule has 5 heteroatoms. The van der Waals surface area contributed by atoms with Crippen molar-refractivity contribution in [3.63, 3.8) is 0 Å². The van der Waals surface area contributed by atoms with Crippen molar-refractivity contribution in [2.45, 2.75) is 0 Å². The van der Waals surface area contributed by atoms with Gasteiger partial charge in [-0.3, -0.25) is 4.98 Å². The second-order valence-corrected chi connectivity index (χ2v) is 3.17. The molecule has 3 N–H and O–H groups in total. The Morgan fingerprint density at radius 2 is 2.06 bits per heavy atom. The third kappa shape index (κ3) is 2.20. The molecule has 0 atom stereocenters.